The number of carbonyl (C=O) groups excluding carboxylic acids is 2. The van der Waals surface area contributed by atoms with Crippen molar-refractivity contribution in [3.8, 4) is 0 Å². The quantitative estimate of drug-likeness (QED) is 0.743. The van der Waals surface area contributed by atoms with Crippen molar-refractivity contribution in [2.45, 2.75) is 58.9 Å². The van der Waals surface area contributed by atoms with Crippen LogP contribution in [0.1, 0.15) is 52.9 Å². The van der Waals surface area contributed by atoms with Crippen molar-refractivity contribution in [3.63, 3.8) is 0 Å². The predicted molar refractivity (Wildman–Crippen MR) is 78.7 cm³/mol. The van der Waals surface area contributed by atoms with Gasteiger partial charge in [-0.15, -0.1) is 0 Å². The Morgan fingerprint density at radius 2 is 1.71 bits per heavy atom. The lowest BCUT2D eigenvalue weighted by Crippen LogP contribution is -2.47. The average molecular weight is 298 g/mol. The van der Waals surface area contributed by atoms with E-state index in [2.05, 4.69) is 5.32 Å². The number of carboxylic acids is 1. The summed E-state index contributed by atoms with van der Waals surface area (Å²) >= 11 is 0. The molecule has 0 aromatic rings. The third kappa shape index (κ3) is 4.19. The van der Waals surface area contributed by atoms with Gasteiger partial charge in [-0.05, 0) is 32.6 Å². The van der Waals surface area contributed by atoms with Crippen LogP contribution in [0.25, 0.3) is 0 Å². The lowest BCUT2D eigenvalue weighted by Gasteiger charge is -2.27. The van der Waals surface area contributed by atoms with E-state index in [1.807, 2.05) is 0 Å². The van der Waals surface area contributed by atoms with E-state index in [0.717, 1.165) is 25.9 Å². The number of hydrogen-bond acceptors (Lipinski definition) is 3. The van der Waals surface area contributed by atoms with Crippen LogP contribution in [0, 0.1) is 5.41 Å². The van der Waals surface area contributed by atoms with Gasteiger partial charge in [0, 0.05) is 19.5 Å². The number of hydrogen-bond donors (Lipinski definition) is 2. The number of rotatable bonds is 7. The second-order valence-electron chi connectivity index (χ2n) is 5.79. The first kappa shape index (κ1) is 17.5. The number of carboxylic acid groups (broad SMARTS) is 1. The average Bonchev–Trinajstić information content (AvgIpc) is 2.97. The summed E-state index contributed by atoms with van der Waals surface area (Å²) < 4.78 is 0. The first-order valence-corrected chi connectivity index (χ1v) is 7.68. The van der Waals surface area contributed by atoms with Gasteiger partial charge in [0.2, 0.25) is 11.8 Å². The fourth-order valence-electron chi connectivity index (χ4n) is 2.75. The van der Waals surface area contributed by atoms with Gasteiger partial charge >= 0.3 is 5.97 Å². The van der Waals surface area contributed by atoms with Crippen molar-refractivity contribution in [1.29, 1.82) is 0 Å². The summed E-state index contributed by atoms with van der Waals surface area (Å²) in [5.74, 6) is -1.42. The van der Waals surface area contributed by atoms with Gasteiger partial charge in [-0.3, -0.25) is 14.4 Å². The van der Waals surface area contributed by atoms with E-state index < -0.39 is 17.4 Å². The van der Waals surface area contributed by atoms with Crippen LogP contribution in [0.4, 0.5) is 0 Å². The van der Waals surface area contributed by atoms with E-state index in [1.165, 1.54) is 0 Å². The molecule has 1 atom stereocenters. The molecule has 0 saturated carbocycles. The maximum absolute atomic E-state index is 12.1. The van der Waals surface area contributed by atoms with Gasteiger partial charge in [0.05, 0.1) is 5.41 Å². The van der Waals surface area contributed by atoms with Crippen LogP contribution in [0.5, 0.6) is 0 Å². The molecule has 120 valence electrons. The zero-order chi connectivity index (χ0) is 16.0. The van der Waals surface area contributed by atoms with Gasteiger partial charge in [-0.25, -0.2) is 0 Å². The maximum Gasteiger partial charge on any atom is 0.310 e. The minimum Gasteiger partial charge on any atom is -0.481 e. The Labute approximate surface area is 125 Å². The highest BCUT2D eigenvalue weighted by molar-refractivity contribution is 5.90. The third-order valence-corrected chi connectivity index (χ3v) is 4.47. The minimum atomic E-state index is -1.04. The zero-order valence-electron chi connectivity index (χ0n) is 13.1. The van der Waals surface area contributed by atoms with E-state index in [4.69, 9.17) is 0 Å². The van der Waals surface area contributed by atoms with E-state index >= 15 is 0 Å². The SMILES string of the molecule is CCC(CC)(CC(=O)NC(C)C(=O)N1CCCC1)C(=O)O. The summed E-state index contributed by atoms with van der Waals surface area (Å²) in [6, 6.07) is -0.601. The van der Waals surface area contributed by atoms with Gasteiger partial charge in [0.25, 0.3) is 0 Å². The molecule has 21 heavy (non-hydrogen) atoms. The number of carbonyl (C=O) groups is 3. The molecule has 0 aliphatic carbocycles. The van der Waals surface area contributed by atoms with Crippen LogP contribution in [-0.4, -0.2) is 46.9 Å². The fourth-order valence-corrected chi connectivity index (χ4v) is 2.75. The Morgan fingerprint density at radius 3 is 2.14 bits per heavy atom. The van der Waals surface area contributed by atoms with Crippen LogP contribution in [0.15, 0.2) is 0 Å². The van der Waals surface area contributed by atoms with Crippen LogP contribution >= 0.6 is 0 Å². The number of aliphatic carboxylic acids is 1. The van der Waals surface area contributed by atoms with Crippen molar-refractivity contribution < 1.29 is 19.5 Å². The van der Waals surface area contributed by atoms with Crippen molar-refractivity contribution in [2.24, 2.45) is 5.41 Å². The topological polar surface area (TPSA) is 86.7 Å². The molecule has 1 rings (SSSR count). The van der Waals surface area contributed by atoms with Crippen LogP contribution in [0.2, 0.25) is 0 Å². The molecular formula is C15H26N2O4. The van der Waals surface area contributed by atoms with Crippen molar-refractivity contribution in [3.05, 3.63) is 0 Å². The Hall–Kier alpha value is -1.59. The summed E-state index contributed by atoms with van der Waals surface area (Å²) in [7, 11) is 0. The molecule has 1 aliphatic heterocycles. The molecule has 6 nitrogen and oxygen atoms in total. The van der Waals surface area contributed by atoms with Crippen molar-refractivity contribution in [2.75, 3.05) is 13.1 Å². The van der Waals surface area contributed by atoms with Gasteiger partial charge in [0.1, 0.15) is 6.04 Å². The van der Waals surface area contributed by atoms with E-state index in [-0.39, 0.29) is 18.2 Å². The summed E-state index contributed by atoms with van der Waals surface area (Å²) in [6.45, 7) is 6.66. The molecule has 2 amide bonds. The molecule has 1 heterocycles. The van der Waals surface area contributed by atoms with E-state index in [1.54, 1.807) is 25.7 Å². The van der Waals surface area contributed by atoms with Gasteiger partial charge < -0.3 is 15.3 Å². The molecular weight excluding hydrogens is 272 g/mol. The predicted octanol–water partition coefficient (Wildman–Crippen LogP) is 1.39. The Balaban J connectivity index is 2.59. The Morgan fingerprint density at radius 1 is 1.19 bits per heavy atom. The normalized spacial score (nSPS) is 16.6. The molecule has 1 saturated heterocycles. The van der Waals surface area contributed by atoms with Crippen LogP contribution < -0.4 is 5.32 Å². The number of nitrogens with zero attached hydrogens (tertiary/aromatic N) is 1. The van der Waals surface area contributed by atoms with Crippen LogP contribution in [-0.2, 0) is 14.4 Å². The maximum atomic E-state index is 12.1. The molecule has 2 N–H and O–H groups in total. The van der Waals surface area contributed by atoms with Gasteiger partial charge in [-0.1, -0.05) is 13.8 Å². The summed E-state index contributed by atoms with van der Waals surface area (Å²) in [6.07, 6.45) is 2.69. The molecule has 0 aromatic carbocycles. The standard InChI is InChI=1S/C15H26N2O4/c1-4-15(5-2,14(20)21)10-12(18)16-11(3)13(19)17-8-6-7-9-17/h11H,4-10H2,1-3H3,(H,16,18)(H,20,21). The largest absolute Gasteiger partial charge is 0.481 e. The first-order chi connectivity index (χ1) is 9.86. The highest BCUT2D eigenvalue weighted by Crippen LogP contribution is 2.30. The second kappa shape index (κ2) is 7.43. The van der Waals surface area contributed by atoms with Crippen molar-refractivity contribution >= 4 is 17.8 Å². The van der Waals surface area contributed by atoms with E-state index in [0.29, 0.717) is 12.8 Å². The molecule has 1 fully saturated rings. The zero-order valence-corrected chi connectivity index (χ0v) is 13.1. The monoisotopic (exact) mass is 298 g/mol. The number of amides is 2. The lowest BCUT2D eigenvalue weighted by molar-refractivity contribution is -0.152. The highest BCUT2D eigenvalue weighted by Gasteiger charge is 2.37. The number of likely N-dealkylation sites (tertiary alicyclic amines) is 1. The van der Waals surface area contributed by atoms with Gasteiger partial charge in [-0.2, -0.15) is 0 Å². The van der Waals surface area contributed by atoms with E-state index in [9.17, 15) is 19.5 Å². The molecule has 1 aliphatic rings. The molecule has 6 heteroatoms. The lowest BCUT2D eigenvalue weighted by atomic mass is 9.79. The summed E-state index contributed by atoms with van der Waals surface area (Å²) in [4.78, 5) is 37.3. The summed E-state index contributed by atoms with van der Waals surface area (Å²) in [5, 5.41) is 12.0. The fraction of sp³-hybridized carbons (Fsp3) is 0.800. The summed E-state index contributed by atoms with van der Waals surface area (Å²) in [5.41, 5.74) is -1.04. The highest BCUT2D eigenvalue weighted by atomic mass is 16.4. The van der Waals surface area contributed by atoms with Gasteiger partial charge in [0.15, 0.2) is 0 Å². The molecule has 1 unspecified atom stereocenters. The molecule has 0 radical (unpaired) electrons. The second-order valence-corrected chi connectivity index (χ2v) is 5.79. The number of nitrogens with one attached hydrogen (secondary N) is 1. The Bertz CT molecular complexity index is 398. The molecule has 0 bridgehead atoms. The first-order valence-electron chi connectivity index (χ1n) is 7.68. The molecule has 0 spiro atoms. The van der Waals surface area contributed by atoms with Crippen molar-refractivity contribution in [1.82, 2.24) is 10.2 Å². The van der Waals surface area contributed by atoms with Crippen LogP contribution in [0.3, 0.4) is 0 Å². The third-order valence-electron chi connectivity index (χ3n) is 4.47. The Kier molecular flexibility index (Phi) is 6.18. The minimum absolute atomic E-state index is 0.0882. The molecule has 0 aromatic heterocycles. The smallest absolute Gasteiger partial charge is 0.310 e.